The van der Waals surface area contributed by atoms with Crippen molar-refractivity contribution < 1.29 is 14.7 Å². The quantitative estimate of drug-likeness (QED) is 0.554. The first-order chi connectivity index (χ1) is 5.40. The second-order valence-electron chi connectivity index (χ2n) is 3.02. The smallest absolute Gasteiger partial charge is 0.104 e. The number of morpholine rings is 1. The van der Waals surface area contributed by atoms with Crippen molar-refractivity contribution in [2.45, 2.75) is 18.6 Å². The summed E-state index contributed by atoms with van der Waals surface area (Å²) < 4.78 is 5.27. The van der Waals surface area contributed by atoms with Gasteiger partial charge in [0.2, 0.25) is 0 Å². The maximum atomic E-state index is 8.82. The molecule has 0 spiro atoms. The number of nitrogens with zero attached hydrogens (tertiary/aromatic N) is 1. The Hall–Kier alpha value is -0.160. The van der Waals surface area contributed by atoms with Crippen LogP contribution in [0.5, 0.6) is 0 Å². The average molecular weight is 159 g/mol. The predicted molar refractivity (Wildman–Crippen MR) is 37.9 cm³/mol. The van der Waals surface area contributed by atoms with Crippen molar-refractivity contribution in [3.05, 3.63) is 0 Å². The third-order valence-electron chi connectivity index (χ3n) is 2.20. The molecule has 0 aromatic rings. The minimum Gasteiger partial charge on any atom is -0.394 e. The van der Waals surface area contributed by atoms with E-state index >= 15 is 0 Å². The maximum absolute atomic E-state index is 8.82. The van der Waals surface area contributed by atoms with Crippen molar-refractivity contribution >= 4 is 0 Å². The Labute approximate surface area is 65.7 Å². The van der Waals surface area contributed by atoms with Crippen LogP contribution >= 0.6 is 0 Å². The molecule has 2 atom stereocenters. The summed E-state index contributed by atoms with van der Waals surface area (Å²) in [6.45, 7) is 2.44. The Morgan fingerprint density at radius 3 is 3.18 bits per heavy atom. The standard InChI is InChI=1S/C7H13NO3/c9-4-7-3-6-5-10-2-1-8(6)11-7/h6-7,9H,1-5H2. The van der Waals surface area contributed by atoms with Gasteiger partial charge in [-0.25, -0.2) is 0 Å². The molecule has 0 aromatic carbocycles. The zero-order chi connectivity index (χ0) is 7.68. The van der Waals surface area contributed by atoms with Crippen LogP contribution in [0.1, 0.15) is 6.42 Å². The summed E-state index contributed by atoms with van der Waals surface area (Å²) in [4.78, 5) is 5.42. The van der Waals surface area contributed by atoms with Crippen LogP contribution in [0.15, 0.2) is 0 Å². The van der Waals surface area contributed by atoms with Crippen LogP contribution in [0.3, 0.4) is 0 Å². The van der Waals surface area contributed by atoms with E-state index in [9.17, 15) is 0 Å². The monoisotopic (exact) mass is 159 g/mol. The molecule has 0 bridgehead atoms. The van der Waals surface area contributed by atoms with Crippen molar-refractivity contribution in [3.63, 3.8) is 0 Å². The van der Waals surface area contributed by atoms with Crippen molar-refractivity contribution in [2.75, 3.05) is 26.4 Å². The first-order valence-electron chi connectivity index (χ1n) is 4.02. The number of hydrogen-bond acceptors (Lipinski definition) is 4. The molecular weight excluding hydrogens is 146 g/mol. The summed E-state index contributed by atoms with van der Waals surface area (Å²) in [6.07, 6.45) is 0.901. The number of rotatable bonds is 1. The molecule has 0 aliphatic carbocycles. The Kier molecular flexibility index (Phi) is 2.09. The average Bonchev–Trinajstić information content (AvgIpc) is 2.46. The Bertz CT molecular complexity index is 128. The van der Waals surface area contributed by atoms with Gasteiger partial charge < -0.3 is 9.84 Å². The molecule has 4 nitrogen and oxygen atoms in total. The van der Waals surface area contributed by atoms with Gasteiger partial charge >= 0.3 is 0 Å². The van der Waals surface area contributed by atoms with Gasteiger partial charge in [0.1, 0.15) is 6.10 Å². The van der Waals surface area contributed by atoms with Gasteiger partial charge in [0, 0.05) is 6.54 Å². The lowest BCUT2D eigenvalue weighted by Crippen LogP contribution is -2.39. The number of aliphatic hydroxyl groups is 1. The molecular formula is C7H13NO3. The predicted octanol–water partition coefficient (Wildman–Crippen LogP) is -0.617. The highest BCUT2D eigenvalue weighted by molar-refractivity contribution is 4.79. The molecule has 0 aromatic heterocycles. The Balaban J connectivity index is 1.92. The number of aliphatic hydroxyl groups excluding tert-OH is 1. The fourth-order valence-electron chi connectivity index (χ4n) is 1.61. The van der Waals surface area contributed by atoms with E-state index in [1.54, 1.807) is 0 Å². The van der Waals surface area contributed by atoms with E-state index in [1.807, 2.05) is 5.06 Å². The van der Waals surface area contributed by atoms with Gasteiger partial charge in [-0.05, 0) is 6.42 Å². The van der Waals surface area contributed by atoms with E-state index in [2.05, 4.69) is 0 Å². The molecule has 2 rings (SSSR count). The number of hydroxylamine groups is 2. The molecule has 0 saturated carbocycles. The minimum atomic E-state index is 0.00157. The van der Waals surface area contributed by atoms with Crippen LogP contribution < -0.4 is 0 Å². The molecule has 64 valence electrons. The summed E-state index contributed by atoms with van der Waals surface area (Å²) in [5, 5.41) is 10.8. The van der Waals surface area contributed by atoms with Gasteiger partial charge in [0.25, 0.3) is 0 Å². The van der Waals surface area contributed by atoms with Crippen LogP contribution in [-0.2, 0) is 9.57 Å². The topological polar surface area (TPSA) is 41.9 Å². The van der Waals surface area contributed by atoms with Crippen molar-refractivity contribution in [1.29, 1.82) is 0 Å². The molecule has 2 unspecified atom stereocenters. The number of hydrogen-bond donors (Lipinski definition) is 1. The normalized spacial score (nSPS) is 39.0. The molecule has 2 aliphatic rings. The largest absolute Gasteiger partial charge is 0.394 e. The Morgan fingerprint density at radius 1 is 1.55 bits per heavy atom. The maximum Gasteiger partial charge on any atom is 0.104 e. The fourth-order valence-corrected chi connectivity index (χ4v) is 1.61. The van der Waals surface area contributed by atoms with E-state index in [4.69, 9.17) is 14.7 Å². The Morgan fingerprint density at radius 2 is 2.45 bits per heavy atom. The zero-order valence-electron chi connectivity index (χ0n) is 6.40. The van der Waals surface area contributed by atoms with Gasteiger partial charge in [-0.3, -0.25) is 4.84 Å². The van der Waals surface area contributed by atoms with E-state index in [0.29, 0.717) is 6.04 Å². The highest BCUT2D eigenvalue weighted by Crippen LogP contribution is 2.22. The molecule has 0 amide bonds. The SMILES string of the molecule is OCC1CC2COCCN2O1. The lowest BCUT2D eigenvalue weighted by atomic mass is 10.1. The third kappa shape index (κ3) is 1.39. The van der Waals surface area contributed by atoms with Gasteiger partial charge in [-0.15, -0.1) is 0 Å². The molecule has 2 heterocycles. The molecule has 4 heteroatoms. The van der Waals surface area contributed by atoms with Gasteiger partial charge in [-0.2, -0.15) is 5.06 Å². The van der Waals surface area contributed by atoms with Gasteiger partial charge in [-0.1, -0.05) is 0 Å². The van der Waals surface area contributed by atoms with Gasteiger partial charge in [0.15, 0.2) is 0 Å². The summed E-state index contributed by atoms with van der Waals surface area (Å²) in [5.74, 6) is 0. The second kappa shape index (κ2) is 3.06. The highest BCUT2D eigenvalue weighted by atomic mass is 16.7. The van der Waals surface area contributed by atoms with Crippen LogP contribution in [0.25, 0.3) is 0 Å². The van der Waals surface area contributed by atoms with Crippen molar-refractivity contribution in [2.24, 2.45) is 0 Å². The summed E-state index contributed by atoms with van der Waals surface area (Å²) in [7, 11) is 0. The second-order valence-corrected chi connectivity index (χ2v) is 3.02. The van der Waals surface area contributed by atoms with Gasteiger partial charge in [0.05, 0.1) is 25.9 Å². The lowest BCUT2D eigenvalue weighted by molar-refractivity contribution is -0.201. The number of fused-ring (bicyclic) bond motifs is 1. The van der Waals surface area contributed by atoms with E-state index in [-0.39, 0.29) is 12.7 Å². The number of ether oxygens (including phenoxy) is 1. The lowest BCUT2D eigenvalue weighted by Gasteiger charge is -2.26. The first-order valence-corrected chi connectivity index (χ1v) is 4.02. The van der Waals surface area contributed by atoms with Crippen LogP contribution in [0.2, 0.25) is 0 Å². The van der Waals surface area contributed by atoms with E-state index in [1.165, 1.54) is 0 Å². The fraction of sp³-hybridized carbons (Fsp3) is 1.00. The molecule has 1 N–H and O–H groups in total. The zero-order valence-corrected chi connectivity index (χ0v) is 6.40. The van der Waals surface area contributed by atoms with Crippen LogP contribution in [0.4, 0.5) is 0 Å². The van der Waals surface area contributed by atoms with Crippen molar-refractivity contribution in [3.8, 4) is 0 Å². The molecule has 0 radical (unpaired) electrons. The first kappa shape index (κ1) is 7.49. The van der Waals surface area contributed by atoms with Crippen LogP contribution in [-0.4, -0.2) is 48.7 Å². The van der Waals surface area contributed by atoms with Crippen molar-refractivity contribution in [1.82, 2.24) is 5.06 Å². The third-order valence-corrected chi connectivity index (χ3v) is 2.20. The minimum absolute atomic E-state index is 0.00157. The van der Waals surface area contributed by atoms with E-state index in [0.717, 1.165) is 26.2 Å². The molecule has 11 heavy (non-hydrogen) atoms. The summed E-state index contributed by atoms with van der Waals surface area (Å²) in [5.41, 5.74) is 0. The molecule has 2 aliphatic heterocycles. The molecule has 2 fully saturated rings. The summed E-state index contributed by atoms with van der Waals surface area (Å²) >= 11 is 0. The highest BCUT2D eigenvalue weighted by Gasteiger charge is 2.34. The summed E-state index contributed by atoms with van der Waals surface area (Å²) in [6, 6.07) is 0.376. The van der Waals surface area contributed by atoms with E-state index < -0.39 is 0 Å². The molecule has 2 saturated heterocycles. The van der Waals surface area contributed by atoms with Crippen LogP contribution in [0, 0.1) is 0 Å².